The van der Waals surface area contributed by atoms with Gasteiger partial charge in [0.25, 0.3) is 5.91 Å². The summed E-state index contributed by atoms with van der Waals surface area (Å²) in [4.78, 5) is 15.2. The van der Waals surface area contributed by atoms with Crippen molar-refractivity contribution in [3.8, 4) is 0 Å². The molecule has 1 N–H and O–H groups in total. The van der Waals surface area contributed by atoms with E-state index in [1.165, 1.54) is 0 Å². The average Bonchev–Trinajstić information content (AvgIpc) is 3.39. The van der Waals surface area contributed by atoms with Crippen LogP contribution in [0.3, 0.4) is 0 Å². The maximum atomic E-state index is 12.7. The third-order valence-electron chi connectivity index (χ3n) is 5.53. The van der Waals surface area contributed by atoms with Crippen LogP contribution in [-0.4, -0.2) is 70.5 Å². The van der Waals surface area contributed by atoms with Crippen LogP contribution in [0.5, 0.6) is 0 Å². The first-order chi connectivity index (χ1) is 13.7. The van der Waals surface area contributed by atoms with Gasteiger partial charge in [0, 0.05) is 42.1 Å². The molecule has 0 bridgehead atoms. The Morgan fingerprint density at radius 2 is 2.14 bits per heavy atom. The van der Waals surface area contributed by atoms with Crippen molar-refractivity contribution in [2.75, 3.05) is 44.4 Å². The number of amides is 1. The molecule has 1 atom stereocenters. The number of ether oxygens (including phenoxy) is 1. The summed E-state index contributed by atoms with van der Waals surface area (Å²) in [6.07, 6.45) is 4.50. The number of halogens is 1. The second-order valence-corrected chi connectivity index (χ2v) is 8.84. The lowest BCUT2D eigenvalue weighted by atomic mass is 9.95. The molecule has 0 aliphatic carbocycles. The Morgan fingerprint density at radius 3 is 2.89 bits per heavy atom. The third kappa shape index (κ3) is 4.38. The molecular formula is C20H25ClN4O2S. The topological polar surface area (TPSA) is 59.4 Å². The smallest absolute Gasteiger partial charge is 0.254 e. The van der Waals surface area contributed by atoms with E-state index in [9.17, 15) is 4.79 Å². The number of carbonyl (C=O) groups is 1. The van der Waals surface area contributed by atoms with Gasteiger partial charge in [-0.25, -0.2) is 0 Å². The number of hydrogen-bond donors (Lipinski definition) is 1. The van der Waals surface area contributed by atoms with Gasteiger partial charge in [-0.2, -0.15) is 16.9 Å². The molecule has 1 amide bonds. The van der Waals surface area contributed by atoms with Crippen molar-refractivity contribution < 1.29 is 9.53 Å². The molecule has 1 aromatic heterocycles. The number of benzene rings is 1. The number of hydrogen-bond acceptors (Lipinski definition) is 5. The Labute approximate surface area is 174 Å². The number of aromatic nitrogens is 2. The summed E-state index contributed by atoms with van der Waals surface area (Å²) < 4.78 is 7.25. The van der Waals surface area contributed by atoms with E-state index in [-0.39, 0.29) is 11.4 Å². The Kier molecular flexibility index (Phi) is 6.25. The zero-order valence-corrected chi connectivity index (χ0v) is 17.3. The molecule has 8 heteroatoms. The largest absolute Gasteiger partial charge is 0.379 e. The number of morpholine rings is 1. The maximum absolute atomic E-state index is 12.7. The first-order valence-corrected chi connectivity index (χ1v) is 11.1. The molecule has 2 saturated heterocycles. The molecule has 1 aromatic carbocycles. The first kappa shape index (κ1) is 19.8. The number of nitrogens with one attached hydrogen (secondary N) is 1. The molecule has 0 radical (unpaired) electrons. The van der Waals surface area contributed by atoms with Crippen molar-refractivity contribution in [1.82, 2.24) is 20.0 Å². The van der Waals surface area contributed by atoms with Crippen LogP contribution < -0.4 is 5.32 Å². The molecular weight excluding hydrogens is 396 g/mol. The molecule has 4 rings (SSSR count). The van der Waals surface area contributed by atoms with E-state index in [0.717, 1.165) is 49.8 Å². The number of rotatable bonds is 6. The number of carbonyl (C=O) groups excluding carboxylic acids is 1. The van der Waals surface area contributed by atoms with Crippen molar-refractivity contribution in [3.63, 3.8) is 0 Å². The number of nitrogens with zero attached hydrogens (tertiary/aromatic N) is 3. The van der Waals surface area contributed by atoms with E-state index in [0.29, 0.717) is 23.7 Å². The van der Waals surface area contributed by atoms with E-state index in [4.69, 9.17) is 16.3 Å². The predicted octanol–water partition coefficient (Wildman–Crippen LogP) is 2.52. The second-order valence-electron chi connectivity index (χ2n) is 7.33. The third-order valence-corrected chi connectivity index (χ3v) is 7.13. The summed E-state index contributed by atoms with van der Waals surface area (Å²) in [5, 5.41) is 8.18. The van der Waals surface area contributed by atoms with Crippen LogP contribution in [0.1, 0.15) is 22.3 Å². The Bertz CT molecular complexity index is 816. The molecule has 2 aromatic rings. The Hall–Kier alpha value is -1.54. The van der Waals surface area contributed by atoms with Crippen LogP contribution >= 0.6 is 23.4 Å². The lowest BCUT2D eigenvalue weighted by Gasteiger charge is -2.43. The van der Waals surface area contributed by atoms with Gasteiger partial charge in [-0.05, 0) is 23.8 Å². The van der Waals surface area contributed by atoms with E-state index in [2.05, 4.69) is 15.3 Å². The van der Waals surface area contributed by atoms with Crippen LogP contribution in [0.25, 0.3) is 0 Å². The quantitative estimate of drug-likeness (QED) is 0.778. The fourth-order valence-corrected chi connectivity index (χ4v) is 5.52. The molecule has 0 spiro atoms. The molecule has 6 nitrogen and oxygen atoms in total. The summed E-state index contributed by atoms with van der Waals surface area (Å²) >= 11 is 8.19. The maximum Gasteiger partial charge on any atom is 0.254 e. The first-order valence-electron chi connectivity index (χ1n) is 9.61. The van der Waals surface area contributed by atoms with Crippen molar-refractivity contribution in [1.29, 1.82) is 0 Å². The highest BCUT2D eigenvalue weighted by molar-refractivity contribution is 7.99. The van der Waals surface area contributed by atoms with E-state index < -0.39 is 0 Å². The van der Waals surface area contributed by atoms with Crippen LogP contribution in [0, 0.1) is 0 Å². The normalized spacial score (nSPS) is 23.0. The van der Waals surface area contributed by atoms with Gasteiger partial charge in [0.15, 0.2) is 0 Å². The highest BCUT2D eigenvalue weighted by Crippen LogP contribution is 2.33. The summed E-state index contributed by atoms with van der Waals surface area (Å²) in [7, 11) is 0. The zero-order valence-electron chi connectivity index (χ0n) is 15.8. The molecule has 0 saturated carbocycles. The highest BCUT2D eigenvalue weighted by atomic mass is 35.5. The fraction of sp³-hybridized carbons (Fsp3) is 0.500. The fourth-order valence-electron chi connectivity index (χ4n) is 3.85. The zero-order chi connectivity index (χ0) is 19.4. The van der Waals surface area contributed by atoms with Gasteiger partial charge in [-0.1, -0.05) is 29.8 Å². The van der Waals surface area contributed by atoms with Crippen LogP contribution in [0.2, 0.25) is 5.02 Å². The van der Waals surface area contributed by atoms with Gasteiger partial charge in [0.1, 0.15) is 0 Å². The van der Waals surface area contributed by atoms with Gasteiger partial charge < -0.3 is 10.1 Å². The summed E-state index contributed by atoms with van der Waals surface area (Å²) in [6, 6.07) is 7.68. The van der Waals surface area contributed by atoms with Crippen LogP contribution in [0.15, 0.2) is 36.7 Å². The highest BCUT2D eigenvalue weighted by Gasteiger charge is 2.40. The van der Waals surface area contributed by atoms with Crippen molar-refractivity contribution in [3.05, 3.63) is 52.8 Å². The molecule has 2 aliphatic rings. The monoisotopic (exact) mass is 420 g/mol. The summed E-state index contributed by atoms with van der Waals surface area (Å²) in [6.45, 7) is 4.62. The van der Waals surface area contributed by atoms with Crippen molar-refractivity contribution in [2.24, 2.45) is 0 Å². The Morgan fingerprint density at radius 1 is 1.32 bits per heavy atom. The summed E-state index contributed by atoms with van der Waals surface area (Å²) in [5.74, 6) is 2.12. The minimum atomic E-state index is -0.0741. The van der Waals surface area contributed by atoms with Crippen LogP contribution in [0.4, 0.5) is 0 Å². The van der Waals surface area contributed by atoms with Gasteiger partial charge >= 0.3 is 0 Å². The molecule has 1 unspecified atom stereocenters. The lowest BCUT2D eigenvalue weighted by molar-refractivity contribution is -0.0129. The molecule has 2 fully saturated rings. The van der Waals surface area contributed by atoms with Crippen molar-refractivity contribution in [2.45, 2.75) is 18.5 Å². The Balaban J connectivity index is 1.38. The standard InChI is InChI=1S/C20H25ClN4O2S/c21-18-4-2-1-3-16(18)12-25-13-17(11-23-25)19(26)22-14-20(5-10-28-15-20)24-6-8-27-9-7-24/h1-4,11,13H,5-10,12,14-15H2,(H,22,26). The molecule has 150 valence electrons. The lowest BCUT2D eigenvalue weighted by Crippen LogP contribution is -2.59. The van der Waals surface area contributed by atoms with E-state index in [1.54, 1.807) is 17.1 Å². The van der Waals surface area contributed by atoms with Crippen LogP contribution in [-0.2, 0) is 11.3 Å². The SMILES string of the molecule is O=C(NCC1(N2CCOCC2)CCSC1)c1cnn(Cc2ccccc2Cl)c1. The second kappa shape index (κ2) is 8.86. The molecule has 28 heavy (non-hydrogen) atoms. The number of thioether (sulfide) groups is 1. The van der Waals surface area contributed by atoms with Gasteiger partial charge in [-0.15, -0.1) is 0 Å². The van der Waals surface area contributed by atoms with Gasteiger partial charge in [-0.3, -0.25) is 14.4 Å². The minimum Gasteiger partial charge on any atom is -0.379 e. The average molecular weight is 421 g/mol. The molecule has 3 heterocycles. The molecule has 2 aliphatic heterocycles. The van der Waals surface area contributed by atoms with Gasteiger partial charge in [0.05, 0.1) is 31.5 Å². The summed E-state index contributed by atoms with van der Waals surface area (Å²) in [5.41, 5.74) is 1.60. The van der Waals surface area contributed by atoms with E-state index in [1.807, 2.05) is 36.0 Å². The van der Waals surface area contributed by atoms with Gasteiger partial charge in [0.2, 0.25) is 0 Å². The van der Waals surface area contributed by atoms with E-state index >= 15 is 0 Å². The van der Waals surface area contributed by atoms with Crippen molar-refractivity contribution >= 4 is 29.3 Å². The predicted molar refractivity (Wildman–Crippen MR) is 112 cm³/mol. The minimum absolute atomic E-state index is 0.0394.